The van der Waals surface area contributed by atoms with Crippen LogP contribution in [0.2, 0.25) is 0 Å². The van der Waals surface area contributed by atoms with Crippen molar-refractivity contribution in [3.63, 3.8) is 0 Å². The number of anilines is 1. The second kappa shape index (κ2) is 5.89. The van der Waals surface area contributed by atoms with Gasteiger partial charge in [-0.25, -0.2) is 8.42 Å². The quantitative estimate of drug-likeness (QED) is 0.791. The van der Waals surface area contributed by atoms with Gasteiger partial charge in [-0.1, -0.05) is 18.2 Å². The highest BCUT2D eigenvalue weighted by atomic mass is 127. The van der Waals surface area contributed by atoms with Gasteiger partial charge in [-0.2, -0.15) is 0 Å². The molecule has 0 aliphatic rings. The summed E-state index contributed by atoms with van der Waals surface area (Å²) in [6.07, 6.45) is 0. The number of benzene rings is 2. The molecule has 0 radical (unpaired) electrons. The molecule has 2 aromatic carbocycles. The van der Waals surface area contributed by atoms with Gasteiger partial charge in [-0.15, -0.1) is 0 Å². The normalized spacial score (nSPS) is 11.3. The smallest absolute Gasteiger partial charge is 0.261 e. The van der Waals surface area contributed by atoms with E-state index in [2.05, 4.69) is 27.3 Å². The summed E-state index contributed by atoms with van der Waals surface area (Å²) in [6.45, 7) is -0.107. The topological polar surface area (TPSA) is 66.4 Å². The number of hydrogen-bond acceptors (Lipinski definition) is 3. The average Bonchev–Trinajstić information content (AvgIpc) is 2.38. The van der Waals surface area contributed by atoms with Crippen LogP contribution in [0.5, 0.6) is 0 Å². The molecule has 0 heterocycles. The Morgan fingerprint density at radius 3 is 2.37 bits per heavy atom. The van der Waals surface area contributed by atoms with Crippen LogP contribution in [-0.2, 0) is 16.6 Å². The number of hydrogen-bond donors (Lipinski definition) is 2. The predicted octanol–water partition coefficient (Wildman–Crippen LogP) is 2.58. The third-order valence-corrected chi connectivity index (χ3v) is 4.56. The molecule has 6 heteroatoms. The third-order valence-electron chi connectivity index (χ3n) is 2.49. The van der Waals surface area contributed by atoms with E-state index < -0.39 is 10.0 Å². The van der Waals surface area contributed by atoms with Gasteiger partial charge in [0, 0.05) is 9.26 Å². The maximum Gasteiger partial charge on any atom is 0.261 e. The first-order valence-corrected chi connectivity index (χ1v) is 8.05. The summed E-state index contributed by atoms with van der Waals surface area (Å²) in [5.74, 6) is 0. The molecule has 0 atom stereocenters. The summed E-state index contributed by atoms with van der Waals surface area (Å²) in [4.78, 5) is 0.170. The van der Waals surface area contributed by atoms with Crippen LogP contribution in [-0.4, -0.2) is 13.5 Å². The molecule has 2 aromatic rings. The van der Waals surface area contributed by atoms with Crippen molar-refractivity contribution >= 4 is 38.3 Å². The molecule has 19 heavy (non-hydrogen) atoms. The van der Waals surface area contributed by atoms with E-state index in [1.54, 1.807) is 30.3 Å². The summed E-state index contributed by atoms with van der Waals surface area (Å²) >= 11 is 2.12. The van der Waals surface area contributed by atoms with Crippen molar-refractivity contribution in [1.82, 2.24) is 0 Å². The molecule has 0 saturated heterocycles. The zero-order valence-electron chi connectivity index (χ0n) is 9.88. The summed E-state index contributed by atoms with van der Waals surface area (Å²) < 4.78 is 27.7. The van der Waals surface area contributed by atoms with Gasteiger partial charge in [0.1, 0.15) is 0 Å². The summed E-state index contributed by atoms with van der Waals surface area (Å²) in [7, 11) is -3.59. The molecular formula is C13H12INO3S. The monoisotopic (exact) mass is 389 g/mol. The second-order valence-electron chi connectivity index (χ2n) is 3.92. The Kier molecular flexibility index (Phi) is 4.43. The first kappa shape index (κ1) is 14.3. The standard InChI is InChI=1S/C13H12INO3S/c14-11-2-1-3-12(8-11)15-19(17,18)13-6-4-10(9-16)5-7-13/h1-8,15-16H,9H2. The zero-order chi connectivity index (χ0) is 13.9. The van der Waals surface area contributed by atoms with Gasteiger partial charge >= 0.3 is 0 Å². The Hall–Kier alpha value is -1.12. The third kappa shape index (κ3) is 3.68. The molecule has 0 fully saturated rings. The SMILES string of the molecule is O=S(=O)(Nc1cccc(I)c1)c1ccc(CO)cc1. The first-order valence-electron chi connectivity index (χ1n) is 5.49. The molecule has 0 aliphatic heterocycles. The molecule has 0 unspecified atom stereocenters. The van der Waals surface area contributed by atoms with E-state index in [1.807, 2.05) is 6.07 Å². The first-order chi connectivity index (χ1) is 9.01. The summed E-state index contributed by atoms with van der Waals surface area (Å²) in [5.41, 5.74) is 1.20. The van der Waals surface area contributed by atoms with Crippen molar-refractivity contribution in [2.24, 2.45) is 0 Å². The van der Waals surface area contributed by atoms with Gasteiger partial charge in [-0.3, -0.25) is 4.72 Å². The van der Waals surface area contributed by atoms with Crippen LogP contribution in [0.3, 0.4) is 0 Å². The Labute approximate surface area is 125 Å². The minimum Gasteiger partial charge on any atom is -0.392 e. The van der Waals surface area contributed by atoms with Crippen molar-refractivity contribution < 1.29 is 13.5 Å². The van der Waals surface area contributed by atoms with Gasteiger partial charge in [-0.05, 0) is 58.5 Å². The predicted molar refractivity (Wildman–Crippen MR) is 82.3 cm³/mol. The van der Waals surface area contributed by atoms with E-state index in [0.717, 1.165) is 3.57 Å². The lowest BCUT2D eigenvalue weighted by molar-refractivity contribution is 0.282. The van der Waals surface area contributed by atoms with Crippen LogP contribution < -0.4 is 4.72 Å². The molecule has 0 aliphatic carbocycles. The number of halogens is 1. The Balaban J connectivity index is 2.27. The van der Waals surface area contributed by atoms with E-state index >= 15 is 0 Å². The summed E-state index contributed by atoms with van der Waals surface area (Å²) in [5, 5.41) is 8.93. The van der Waals surface area contributed by atoms with Crippen LogP contribution in [0, 0.1) is 3.57 Å². The number of aliphatic hydroxyl groups is 1. The van der Waals surface area contributed by atoms with Gasteiger partial charge in [0.15, 0.2) is 0 Å². The lowest BCUT2D eigenvalue weighted by Crippen LogP contribution is -2.13. The fourth-order valence-electron chi connectivity index (χ4n) is 1.54. The Morgan fingerprint density at radius 1 is 1.11 bits per heavy atom. The number of sulfonamides is 1. The van der Waals surface area contributed by atoms with E-state index in [4.69, 9.17) is 5.11 Å². The number of rotatable bonds is 4. The van der Waals surface area contributed by atoms with Crippen molar-refractivity contribution in [3.8, 4) is 0 Å². The molecule has 100 valence electrons. The Morgan fingerprint density at radius 2 is 1.79 bits per heavy atom. The van der Waals surface area contributed by atoms with E-state index in [-0.39, 0.29) is 11.5 Å². The Bertz CT molecular complexity index is 669. The summed E-state index contributed by atoms with van der Waals surface area (Å²) in [6, 6.07) is 13.2. The van der Waals surface area contributed by atoms with Crippen molar-refractivity contribution in [2.75, 3.05) is 4.72 Å². The van der Waals surface area contributed by atoms with Crippen LogP contribution >= 0.6 is 22.6 Å². The molecule has 2 rings (SSSR count). The molecule has 0 spiro atoms. The molecule has 0 aromatic heterocycles. The lowest BCUT2D eigenvalue weighted by Gasteiger charge is -2.08. The van der Waals surface area contributed by atoms with Gasteiger partial charge in [0.05, 0.1) is 11.5 Å². The van der Waals surface area contributed by atoms with Crippen molar-refractivity contribution in [2.45, 2.75) is 11.5 Å². The fourth-order valence-corrected chi connectivity index (χ4v) is 3.13. The molecule has 0 saturated carbocycles. The second-order valence-corrected chi connectivity index (χ2v) is 6.85. The molecule has 0 bridgehead atoms. The van der Waals surface area contributed by atoms with E-state index in [0.29, 0.717) is 11.3 Å². The van der Waals surface area contributed by atoms with Crippen molar-refractivity contribution in [1.29, 1.82) is 0 Å². The van der Waals surface area contributed by atoms with E-state index in [1.165, 1.54) is 12.1 Å². The van der Waals surface area contributed by atoms with Crippen molar-refractivity contribution in [3.05, 3.63) is 57.7 Å². The number of aliphatic hydroxyl groups excluding tert-OH is 1. The zero-order valence-corrected chi connectivity index (χ0v) is 12.8. The van der Waals surface area contributed by atoms with Gasteiger partial charge in [0.25, 0.3) is 10.0 Å². The van der Waals surface area contributed by atoms with Crippen LogP contribution in [0.4, 0.5) is 5.69 Å². The highest BCUT2D eigenvalue weighted by Crippen LogP contribution is 2.18. The lowest BCUT2D eigenvalue weighted by atomic mass is 10.2. The van der Waals surface area contributed by atoms with Gasteiger partial charge in [0.2, 0.25) is 0 Å². The fraction of sp³-hybridized carbons (Fsp3) is 0.0769. The highest BCUT2D eigenvalue weighted by Gasteiger charge is 2.13. The minimum absolute atomic E-state index is 0.107. The molecule has 2 N–H and O–H groups in total. The van der Waals surface area contributed by atoms with Crippen LogP contribution in [0.15, 0.2) is 53.4 Å². The largest absolute Gasteiger partial charge is 0.392 e. The average molecular weight is 389 g/mol. The molecule has 0 amide bonds. The maximum absolute atomic E-state index is 12.1. The highest BCUT2D eigenvalue weighted by molar-refractivity contribution is 14.1. The van der Waals surface area contributed by atoms with Crippen LogP contribution in [0.1, 0.15) is 5.56 Å². The maximum atomic E-state index is 12.1. The molecule has 4 nitrogen and oxygen atoms in total. The van der Waals surface area contributed by atoms with E-state index in [9.17, 15) is 8.42 Å². The number of nitrogens with one attached hydrogen (secondary N) is 1. The van der Waals surface area contributed by atoms with Crippen LogP contribution in [0.25, 0.3) is 0 Å². The molecular weight excluding hydrogens is 377 g/mol. The minimum atomic E-state index is -3.59. The van der Waals surface area contributed by atoms with Gasteiger partial charge < -0.3 is 5.11 Å².